The summed E-state index contributed by atoms with van der Waals surface area (Å²) >= 11 is 0. The van der Waals surface area contributed by atoms with Gasteiger partial charge in [-0.05, 0) is 81.1 Å². The van der Waals surface area contributed by atoms with E-state index in [1.165, 1.54) is 6.07 Å². The van der Waals surface area contributed by atoms with Gasteiger partial charge in [0, 0.05) is 19.3 Å². The molecule has 0 unspecified atom stereocenters. The van der Waals surface area contributed by atoms with Crippen molar-refractivity contribution in [3.8, 4) is 0 Å². The predicted octanol–water partition coefficient (Wildman–Crippen LogP) is 4.66. The number of sulfonamides is 1. The lowest BCUT2D eigenvalue weighted by molar-refractivity contribution is 0.0697. The lowest BCUT2D eigenvalue weighted by Gasteiger charge is -2.22. The highest BCUT2D eigenvalue weighted by Gasteiger charge is 2.21. The zero-order valence-corrected chi connectivity index (χ0v) is 21.3. The van der Waals surface area contributed by atoms with Crippen molar-refractivity contribution in [3.05, 3.63) is 70.0 Å². The Labute approximate surface area is 201 Å². The fourth-order valence-corrected chi connectivity index (χ4v) is 5.36. The number of aromatic carboxylic acids is 1. The predicted molar refractivity (Wildman–Crippen MR) is 134 cm³/mol. The van der Waals surface area contributed by atoms with Crippen LogP contribution in [0, 0.1) is 27.7 Å². The van der Waals surface area contributed by atoms with Crippen LogP contribution in [0.2, 0.25) is 0 Å². The summed E-state index contributed by atoms with van der Waals surface area (Å²) in [5.74, 6) is -1.14. The van der Waals surface area contributed by atoms with Gasteiger partial charge in [-0.1, -0.05) is 13.0 Å². The topological polar surface area (TPSA) is 105 Å². The van der Waals surface area contributed by atoms with E-state index in [0.29, 0.717) is 17.8 Å². The Morgan fingerprint density at radius 3 is 2.38 bits per heavy atom. The van der Waals surface area contributed by atoms with Crippen molar-refractivity contribution in [1.82, 2.24) is 9.78 Å². The van der Waals surface area contributed by atoms with Crippen LogP contribution in [0.25, 0.3) is 0 Å². The molecule has 1 heterocycles. The van der Waals surface area contributed by atoms with E-state index in [1.807, 2.05) is 49.5 Å². The molecule has 0 fully saturated rings. The molecule has 9 heteroatoms. The van der Waals surface area contributed by atoms with E-state index in [-0.39, 0.29) is 16.1 Å². The standard InChI is InChI=1S/C25H32N4O4S/c1-7-10-29-21(13-19(5)26-29)15-28(6)23-9-8-20(14-22(23)25(30)31)27-34(32,33)24-12-17(3)16(2)11-18(24)4/h8-9,11-14,27H,7,10,15H2,1-6H3,(H,30,31). The molecule has 0 aliphatic heterocycles. The molecular formula is C25H32N4O4S. The number of anilines is 2. The molecule has 182 valence electrons. The monoisotopic (exact) mass is 484 g/mol. The molecular weight excluding hydrogens is 452 g/mol. The highest BCUT2D eigenvalue weighted by molar-refractivity contribution is 7.92. The number of benzene rings is 2. The third-order valence-corrected chi connectivity index (χ3v) is 7.31. The average molecular weight is 485 g/mol. The number of carboxylic acids is 1. The van der Waals surface area contributed by atoms with Crippen LogP contribution in [0.1, 0.15) is 51.8 Å². The van der Waals surface area contributed by atoms with Gasteiger partial charge in [0.05, 0.1) is 34.1 Å². The minimum absolute atomic E-state index is 0.0118. The van der Waals surface area contributed by atoms with Gasteiger partial charge in [0.25, 0.3) is 10.0 Å². The van der Waals surface area contributed by atoms with E-state index in [1.54, 1.807) is 25.1 Å². The van der Waals surface area contributed by atoms with Crippen molar-refractivity contribution in [2.24, 2.45) is 0 Å². The Balaban J connectivity index is 1.91. The van der Waals surface area contributed by atoms with E-state index in [0.717, 1.165) is 35.5 Å². The lowest BCUT2D eigenvalue weighted by Crippen LogP contribution is -2.22. The van der Waals surface area contributed by atoms with Gasteiger partial charge in [-0.25, -0.2) is 13.2 Å². The minimum Gasteiger partial charge on any atom is -0.478 e. The zero-order chi connectivity index (χ0) is 25.2. The molecule has 0 spiro atoms. The third-order valence-electron chi connectivity index (χ3n) is 5.79. The van der Waals surface area contributed by atoms with Crippen LogP contribution in [0.4, 0.5) is 11.4 Å². The molecule has 0 radical (unpaired) electrons. The van der Waals surface area contributed by atoms with Crippen molar-refractivity contribution in [2.75, 3.05) is 16.7 Å². The maximum Gasteiger partial charge on any atom is 0.337 e. The largest absolute Gasteiger partial charge is 0.478 e. The SMILES string of the molecule is CCCn1nc(C)cc1CN(C)c1ccc(NS(=O)(=O)c2cc(C)c(C)cc2C)cc1C(=O)O. The molecule has 0 aliphatic rings. The van der Waals surface area contributed by atoms with Gasteiger partial charge in [-0.15, -0.1) is 0 Å². The van der Waals surface area contributed by atoms with Crippen molar-refractivity contribution in [2.45, 2.75) is 59.0 Å². The number of aromatic nitrogens is 2. The molecule has 34 heavy (non-hydrogen) atoms. The lowest BCUT2D eigenvalue weighted by atomic mass is 10.1. The summed E-state index contributed by atoms with van der Waals surface area (Å²) in [5, 5.41) is 14.4. The molecule has 2 N–H and O–H groups in total. The molecule has 0 saturated carbocycles. The first kappa shape index (κ1) is 25.3. The third kappa shape index (κ3) is 5.41. The number of hydrogen-bond acceptors (Lipinski definition) is 5. The molecule has 0 saturated heterocycles. The molecule has 3 aromatic rings. The van der Waals surface area contributed by atoms with Crippen molar-refractivity contribution in [3.63, 3.8) is 0 Å². The first-order valence-corrected chi connectivity index (χ1v) is 12.6. The van der Waals surface area contributed by atoms with Crippen LogP contribution < -0.4 is 9.62 Å². The Hall–Kier alpha value is -3.33. The second kappa shape index (κ2) is 9.89. The number of aryl methyl sites for hydroxylation is 5. The first-order valence-electron chi connectivity index (χ1n) is 11.2. The summed E-state index contributed by atoms with van der Waals surface area (Å²) in [5.41, 5.74) is 5.08. The number of nitrogens with one attached hydrogen (secondary N) is 1. The summed E-state index contributed by atoms with van der Waals surface area (Å²) in [6, 6.07) is 10.0. The average Bonchev–Trinajstić information content (AvgIpc) is 3.09. The zero-order valence-electron chi connectivity index (χ0n) is 20.5. The maximum absolute atomic E-state index is 13.0. The number of hydrogen-bond donors (Lipinski definition) is 2. The molecule has 3 rings (SSSR count). The van der Waals surface area contributed by atoms with E-state index < -0.39 is 16.0 Å². The Bertz CT molecular complexity index is 1330. The van der Waals surface area contributed by atoms with E-state index in [9.17, 15) is 18.3 Å². The summed E-state index contributed by atoms with van der Waals surface area (Å²) in [4.78, 5) is 14.1. The van der Waals surface area contributed by atoms with Crippen molar-refractivity contribution in [1.29, 1.82) is 0 Å². The van der Waals surface area contributed by atoms with Crippen molar-refractivity contribution >= 4 is 27.4 Å². The fraction of sp³-hybridized carbons (Fsp3) is 0.360. The van der Waals surface area contributed by atoms with Crippen LogP contribution in [-0.2, 0) is 23.1 Å². The second-order valence-electron chi connectivity index (χ2n) is 8.70. The van der Waals surface area contributed by atoms with Crippen molar-refractivity contribution < 1.29 is 18.3 Å². The summed E-state index contributed by atoms with van der Waals surface area (Å²) in [7, 11) is -2.08. The van der Waals surface area contributed by atoms with Gasteiger partial charge in [0.1, 0.15) is 0 Å². The van der Waals surface area contributed by atoms with E-state index in [4.69, 9.17) is 0 Å². The summed E-state index contributed by atoms with van der Waals surface area (Å²) < 4.78 is 30.6. The molecule has 0 aliphatic carbocycles. The fourth-order valence-electron chi connectivity index (χ4n) is 4.00. The second-order valence-corrected chi connectivity index (χ2v) is 10.4. The van der Waals surface area contributed by atoms with Crippen LogP contribution in [0.5, 0.6) is 0 Å². The molecule has 0 amide bonds. The quantitative estimate of drug-likeness (QED) is 0.458. The number of carbonyl (C=O) groups is 1. The smallest absolute Gasteiger partial charge is 0.337 e. The normalized spacial score (nSPS) is 11.5. The van der Waals surface area contributed by atoms with Gasteiger partial charge in [-0.3, -0.25) is 9.40 Å². The van der Waals surface area contributed by atoms with Crippen LogP contribution in [0.3, 0.4) is 0 Å². The molecule has 1 aromatic heterocycles. The maximum atomic E-state index is 13.0. The van der Waals surface area contributed by atoms with Gasteiger partial charge in [-0.2, -0.15) is 5.10 Å². The molecule has 2 aromatic carbocycles. The van der Waals surface area contributed by atoms with Crippen LogP contribution in [-0.4, -0.2) is 36.3 Å². The minimum atomic E-state index is -3.88. The molecule has 0 bridgehead atoms. The van der Waals surface area contributed by atoms with Gasteiger partial charge in [0.2, 0.25) is 0 Å². The van der Waals surface area contributed by atoms with Crippen LogP contribution >= 0.6 is 0 Å². The highest BCUT2D eigenvalue weighted by Crippen LogP contribution is 2.28. The van der Waals surface area contributed by atoms with Gasteiger partial charge >= 0.3 is 5.97 Å². The van der Waals surface area contributed by atoms with E-state index >= 15 is 0 Å². The van der Waals surface area contributed by atoms with Crippen LogP contribution in [0.15, 0.2) is 41.3 Å². The van der Waals surface area contributed by atoms with E-state index in [2.05, 4.69) is 16.7 Å². The van der Waals surface area contributed by atoms with Gasteiger partial charge < -0.3 is 10.0 Å². The number of carboxylic acid groups (broad SMARTS) is 1. The number of nitrogens with zero attached hydrogens (tertiary/aromatic N) is 3. The Morgan fingerprint density at radius 2 is 1.74 bits per heavy atom. The summed E-state index contributed by atoms with van der Waals surface area (Å²) in [6.07, 6.45) is 0.938. The number of rotatable bonds is 9. The van der Waals surface area contributed by atoms with Gasteiger partial charge in [0.15, 0.2) is 0 Å². The first-order chi connectivity index (χ1) is 15.9. The highest BCUT2D eigenvalue weighted by atomic mass is 32.2. The molecule has 0 atom stereocenters. The Morgan fingerprint density at radius 1 is 1.06 bits per heavy atom. The summed E-state index contributed by atoms with van der Waals surface area (Å²) in [6.45, 7) is 10.8. The molecule has 8 nitrogen and oxygen atoms in total. The Kier molecular flexibility index (Phi) is 7.35.